The first-order valence-corrected chi connectivity index (χ1v) is 7.60. The Kier molecular flexibility index (Phi) is 3.27. The van der Waals surface area contributed by atoms with Gasteiger partial charge in [-0.15, -0.1) is 11.8 Å². The number of hydrogen-bond acceptors (Lipinski definition) is 3. The highest BCUT2D eigenvalue weighted by molar-refractivity contribution is 7.99. The lowest BCUT2D eigenvalue weighted by Gasteiger charge is -2.16. The van der Waals surface area contributed by atoms with Crippen LogP contribution in [0.2, 0.25) is 0 Å². The number of carbonyl (C=O) groups is 1. The minimum Gasteiger partial charge on any atom is -0.466 e. The van der Waals surface area contributed by atoms with Gasteiger partial charge in [0.25, 0.3) is 0 Å². The van der Waals surface area contributed by atoms with Crippen LogP contribution in [0.4, 0.5) is 0 Å². The Balaban J connectivity index is 2.13. The maximum atomic E-state index is 11.8. The topological polar surface area (TPSA) is 31.2 Å². The summed E-state index contributed by atoms with van der Waals surface area (Å²) in [5.41, 5.74) is 3.61. The van der Waals surface area contributed by atoms with Crippen molar-refractivity contribution in [1.82, 2.24) is 4.57 Å². The molecule has 2 heterocycles. The van der Waals surface area contributed by atoms with Crippen LogP contribution in [0.5, 0.6) is 0 Å². The highest BCUT2D eigenvalue weighted by Crippen LogP contribution is 2.37. The van der Waals surface area contributed by atoms with Gasteiger partial charge in [0.1, 0.15) is 0 Å². The van der Waals surface area contributed by atoms with E-state index < -0.39 is 0 Å². The summed E-state index contributed by atoms with van der Waals surface area (Å²) in [6.07, 6.45) is 0.372. The first kappa shape index (κ1) is 12.6. The number of aromatic nitrogens is 1. The summed E-state index contributed by atoms with van der Waals surface area (Å²) >= 11 is 1.90. The number of benzene rings is 1. The highest BCUT2D eigenvalue weighted by Gasteiger charge is 2.21. The number of ether oxygens (including phenoxy) is 1. The summed E-state index contributed by atoms with van der Waals surface area (Å²) in [5.74, 6) is 0.961. The van der Waals surface area contributed by atoms with E-state index in [9.17, 15) is 4.79 Å². The molecule has 0 aliphatic carbocycles. The quantitative estimate of drug-likeness (QED) is 0.806. The molecular formula is C15H17NO2S. The van der Waals surface area contributed by atoms with E-state index in [1.165, 1.54) is 21.5 Å². The molecule has 4 heteroatoms. The van der Waals surface area contributed by atoms with Crippen LogP contribution in [-0.2, 0) is 22.5 Å². The smallest absolute Gasteiger partial charge is 0.310 e. The number of rotatable bonds is 3. The lowest BCUT2D eigenvalue weighted by atomic mass is 10.1. The molecule has 3 nitrogen and oxygen atoms in total. The van der Waals surface area contributed by atoms with Crippen LogP contribution in [-0.4, -0.2) is 22.9 Å². The van der Waals surface area contributed by atoms with Gasteiger partial charge in [-0.2, -0.15) is 0 Å². The summed E-state index contributed by atoms with van der Waals surface area (Å²) in [6, 6.07) is 6.35. The second-order valence-corrected chi connectivity index (χ2v) is 5.83. The lowest BCUT2D eigenvalue weighted by Crippen LogP contribution is -2.10. The summed E-state index contributed by atoms with van der Waals surface area (Å²) < 4.78 is 7.43. The van der Waals surface area contributed by atoms with Gasteiger partial charge in [-0.1, -0.05) is 12.1 Å². The van der Waals surface area contributed by atoms with Crippen LogP contribution in [0.15, 0.2) is 23.1 Å². The predicted octanol–water partition coefficient (Wildman–Crippen LogP) is 3.16. The van der Waals surface area contributed by atoms with Crippen LogP contribution >= 0.6 is 11.8 Å². The fourth-order valence-corrected chi connectivity index (χ4v) is 3.82. The molecule has 0 bridgehead atoms. The molecule has 1 aliphatic rings. The van der Waals surface area contributed by atoms with Gasteiger partial charge in [-0.25, -0.2) is 0 Å². The van der Waals surface area contributed by atoms with Gasteiger partial charge >= 0.3 is 5.97 Å². The van der Waals surface area contributed by atoms with Gasteiger partial charge in [0, 0.05) is 28.3 Å². The number of aryl methyl sites for hydroxylation is 1. The standard InChI is InChI=1S/C15H17NO2S/c1-3-18-14(17)9-12-10(2)16-7-8-19-13-6-4-5-11(12)15(13)16/h4-6H,3,7-9H2,1-2H3. The maximum absolute atomic E-state index is 11.8. The molecule has 100 valence electrons. The molecule has 0 unspecified atom stereocenters. The number of nitrogens with zero attached hydrogens (tertiary/aromatic N) is 1. The second-order valence-electron chi connectivity index (χ2n) is 4.70. The average molecular weight is 275 g/mol. The Bertz CT molecular complexity index is 645. The molecule has 0 atom stereocenters. The summed E-state index contributed by atoms with van der Waals surface area (Å²) in [4.78, 5) is 13.1. The van der Waals surface area contributed by atoms with Gasteiger partial charge in [-0.3, -0.25) is 4.79 Å². The summed E-state index contributed by atoms with van der Waals surface area (Å²) in [7, 11) is 0. The van der Waals surface area contributed by atoms with E-state index in [0.29, 0.717) is 13.0 Å². The third kappa shape index (κ3) is 2.04. The van der Waals surface area contributed by atoms with Crippen LogP contribution in [0.3, 0.4) is 0 Å². The van der Waals surface area contributed by atoms with Crippen molar-refractivity contribution in [3.63, 3.8) is 0 Å². The zero-order chi connectivity index (χ0) is 13.4. The van der Waals surface area contributed by atoms with Crippen molar-refractivity contribution in [1.29, 1.82) is 0 Å². The van der Waals surface area contributed by atoms with Crippen molar-refractivity contribution in [3.05, 3.63) is 29.5 Å². The third-order valence-electron chi connectivity index (χ3n) is 3.63. The zero-order valence-corrected chi connectivity index (χ0v) is 12.0. The molecule has 0 spiro atoms. The van der Waals surface area contributed by atoms with Crippen LogP contribution in [0.25, 0.3) is 10.9 Å². The monoisotopic (exact) mass is 275 g/mol. The number of thioether (sulfide) groups is 1. The van der Waals surface area contributed by atoms with Crippen LogP contribution in [0.1, 0.15) is 18.2 Å². The largest absolute Gasteiger partial charge is 0.466 e. The van der Waals surface area contributed by atoms with Gasteiger partial charge in [0.15, 0.2) is 0 Å². The van der Waals surface area contributed by atoms with Crippen LogP contribution in [0, 0.1) is 6.92 Å². The van der Waals surface area contributed by atoms with Crippen molar-refractivity contribution >= 4 is 28.6 Å². The van der Waals surface area contributed by atoms with Gasteiger partial charge < -0.3 is 9.30 Å². The van der Waals surface area contributed by atoms with Crippen molar-refractivity contribution in [2.45, 2.75) is 31.7 Å². The maximum Gasteiger partial charge on any atom is 0.310 e. The van der Waals surface area contributed by atoms with Gasteiger partial charge in [-0.05, 0) is 25.5 Å². The average Bonchev–Trinajstić information content (AvgIpc) is 2.68. The van der Waals surface area contributed by atoms with E-state index in [0.717, 1.165) is 17.9 Å². The normalized spacial score (nSPS) is 13.8. The molecule has 0 saturated carbocycles. The van der Waals surface area contributed by atoms with E-state index >= 15 is 0 Å². The third-order valence-corrected chi connectivity index (χ3v) is 4.66. The van der Waals surface area contributed by atoms with Gasteiger partial charge in [0.05, 0.1) is 18.5 Å². The molecule has 1 aromatic carbocycles. The molecule has 1 aliphatic heterocycles. The van der Waals surface area contributed by atoms with E-state index in [-0.39, 0.29) is 5.97 Å². The molecule has 0 radical (unpaired) electrons. The number of hydrogen-bond donors (Lipinski definition) is 0. The predicted molar refractivity (Wildman–Crippen MR) is 77.7 cm³/mol. The van der Waals surface area contributed by atoms with E-state index in [2.05, 4.69) is 29.7 Å². The number of esters is 1. The molecule has 1 aromatic heterocycles. The molecular weight excluding hydrogens is 258 g/mol. The zero-order valence-electron chi connectivity index (χ0n) is 11.2. The minimum atomic E-state index is -0.137. The molecule has 0 fully saturated rings. The van der Waals surface area contributed by atoms with Crippen LogP contribution < -0.4 is 0 Å². The Morgan fingerprint density at radius 2 is 2.32 bits per heavy atom. The molecule has 19 heavy (non-hydrogen) atoms. The molecule has 2 aromatic rings. The molecule has 0 saturated heterocycles. The lowest BCUT2D eigenvalue weighted by molar-refractivity contribution is -0.142. The summed E-state index contributed by atoms with van der Waals surface area (Å²) in [6.45, 7) is 5.41. The first-order chi connectivity index (χ1) is 9.22. The van der Waals surface area contributed by atoms with Crippen molar-refractivity contribution in [2.75, 3.05) is 12.4 Å². The van der Waals surface area contributed by atoms with E-state index in [1.54, 1.807) is 0 Å². The van der Waals surface area contributed by atoms with Crippen molar-refractivity contribution < 1.29 is 9.53 Å². The van der Waals surface area contributed by atoms with E-state index in [1.807, 2.05) is 18.7 Å². The SMILES string of the molecule is CCOC(=O)Cc1c(C)n2c3c(cccc13)SCC2. The fourth-order valence-electron chi connectivity index (χ4n) is 2.79. The van der Waals surface area contributed by atoms with Crippen molar-refractivity contribution in [2.24, 2.45) is 0 Å². The van der Waals surface area contributed by atoms with Crippen molar-refractivity contribution in [3.8, 4) is 0 Å². The van der Waals surface area contributed by atoms with E-state index in [4.69, 9.17) is 4.74 Å². The first-order valence-electron chi connectivity index (χ1n) is 6.61. The second kappa shape index (κ2) is 4.93. The van der Waals surface area contributed by atoms with Gasteiger partial charge in [0.2, 0.25) is 0 Å². The Morgan fingerprint density at radius 1 is 1.47 bits per heavy atom. The Hall–Kier alpha value is -1.42. The summed E-state index contributed by atoms with van der Waals surface area (Å²) in [5, 5.41) is 1.20. The molecule has 0 N–H and O–H groups in total. The highest BCUT2D eigenvalue weighted by atomic mass is 32.2. The molecule has 3 rings (SSSR count). The Morgan fingerprint density at radius 3 is 3.11 bits per heavy atom. The fraction of sp³-hybridized carbons (Fsp3) is 0.400. The molecule has 0 amide bonds. The number of carbonyl (C=O) groups excluding carboxylic acids is 1. The number of para-hydroxylation sites is 1. The Labute approximate surface area is 116 Å². The minimum absolute atomic E-state index is 0.137.